The highest BCUT2D eigenvalue weighted by atomic mass is 16.6. The lowest BCUT2D eigenvalue weighted by molar-refractivity contribution is -0.133. The minimum Gasteiger partial charge on any atom is -0.301 e. The Kier molecular flexibility index (Phi) is 2.99. The molecular formula is C11H14N2O2. The third-order valence-electron chi connectivity index (χ3n) is 2.60. The van der Waals surface area contributed by atoms with Gasteiger partial charge in [-0.05, 0) is 17.5 Å². The molecule has 0 saturated carbocycles. The van der Waals surface area contributed by atoms with Gasteiger partial charge < -0.3 is 5.32 Å². The van der Waals surface area contributed by atoms with E-state index in [1.165, 1.54) is 18.2 Å². The van der Waals surface area contributed by atoms with Gasteiger partial charge in [0.15, 0.2) is 0 Å². The van der Waals surface area contributed by atoms with E-state index in [9.17, 15) is 4.79 Å². The molecule has 2 N–H and O–H groups in total. The fraction of sp³-hybridized carbons (Fsp3) is 0.364. The number of hydrogen-bond donors (Lipinski definition) is 2. The van der Waals surface area contributed by atoms with Gasteiger partial charge in [-0.25, -0.2) is 5.48 Å². The summed E-state index contributed by atoms with van der Waals surface area (Å²) in [6.45, 7) is 0.734. The Morgan fingerprint density at radius 1 is 1.47 bits per heavy atom. The highest BCUT2D eigenvalue weighted by molar-refractivity contribution is 5.81. The molecule has 4 heteroatoms. The second-order valence-corrected chi connectivity index (χ2v) is 3.58. The number of hydroxylamine groups is 1. The fourth-order valence-electron chi connectivity index (χ4n) is 1.81. The van der Waals surface area contributed by atoms with Crippen LogP contribution in [0.2, 0.25) is 0 Å². The molecule has 1 heterocycles. The van der Waals surface area contributed by atoms with Gasteiger partial charge in [0.2, 0.25) is 0 Å². The second-order valence-electron chi connectivity index (χ2n) is 3.58. The molecule has 1 atom stereocenters. The van der Waals surface area contributed by atoms with E-state index in [1.54, 1.807) is 0 Å². The average molecular weight is 206 g/mol. The van der Waals surface area contributed by atoms with E-state index in [0.29, 0.717) is 6.42 Å². The Labute approximate surface area is 88.6 Å². The maximum Gasteiger partial charge on any atom is 0.260 e. The van der Waals surface area contributed by atoms with Crippen molar-refractivity contribution in [2.24, 2.45) is 0 Å². The summed E-state index contributed by atoms with van der Waals surface area (Å²) in [5.74, 6) is -0.119. The summed E-state index contributed by atoms with van der Waals surface area (Å²) in [5.41, 5.74) is 4.84. The molecule has 1 unspecified atom stereocenters. The number of hydrogen-bond acceptors (Lipinski definition) is 3. The van der Waals surface area contributed by atoms with Gasteiger partial charge in [0.25, 0.3) is 5.91 Å². The van der Waals surface area contributed by atoms with Crippen LogP contribution in [0, 0.1) is 0 Å². The topological polar surface area (TPSA) is 50.4 Å². The molecule has 1 aliphatic rings. The van der Waals surface area contributed by atoms with Gasteiger partial charge in [0.05, 0.1) is 13.2 Å². The number of carbonyl (C=O) groups is 1. The van der Waals surface area contributed by atoms with Gasteiger partial charge in [0, 0.05) is 6.54 Å². The molecule has 1 aromatic rings. The molecular weight excluding hydrogens is 192 g/mol. The van der Waals surface area contributed by atoms with Crippen LogP contribution in [-0.4, -0.2) is 19.1 Å². The van der Waals surface area contributed by atoms with Crippen LogP contribution in [0.5, 0.6) is 0 Å². The highest BCUT2D eigenvalue weighted by Crippen LogP contribution is 2.15. The first-order chi connectivity index (χ1) is 7.31. The van der Waals surface area contributed by atoms with Gasteiger partial charge in [-0.2, -0.15) is 0 Å². The monoisotopic (exact) mass is 206 g/mol. The van der Waals surface area contributed by atoms with E-state index in [2.05, 4.69) is 27.8 Å². The van der Waals surface area contributed by atoms with E-state index in [-0.39, 0.29) is 11.9 Å². The summed E-state index contributed by atoms with van der Waals surface area (Å²) < 4.78 is 0. The van der Waals surface area contributed by atoms with E-state index >= 15 is 0 Å². The Morgan fingerprint density at radius 2 is 2.20 bits per heavy atom. The van der Waals surface area contributed by atoms with Crippen LogP contribution in [0.25, 0.3) is 0 Å². The zero-order valence-electron chi connectivity index (χ0n) is 8.62. The quantitative estimate of drug-likeness (QED) is 0.688. The standard InChI is InChI=1S/C11H14N2O2/c1-15-13-11(14)10-6-8-4-2-3-5-9(8)7-12-10/h2-5,10,12H,6-7H2,1H3,(H,13,14). The van der Waals surface area contributed by atoms with Gasteiger partial charge >= 0.3 is 0 Å². The predicted molar refractivity (Wildman–Crippen MR) is 55.9 cm³/mol. The summed E-state index contributed by atoms with van der Waals surface area (Å²) in [7, 11) is 1.44. The second kappa shape index (κ2) is 4.42. The normalized spacial score (nSPS) is 19.4. The van der Waals surface area contributed by atoms with Crippen LogP contribution >= 0.6 is 0 Å². The summed E-state index contributed by atoms with van der Waals surface area (Å²) in [5, 5.41) is 3.17. The number of carbonyl (C=O) groups excluding carboxylic acids is 1. The van der Waals surface area contributed by atoms with Crippen molar-refractivity contribution in [1.82, 2.24) is 10.8 Å². The van der Waals surface area contributed by atoms with Crippen molar-refractivity contribution in [1.29, 1.82) is 0 Å². The molecule has 15 heavy (non-hydrogen) atoms. The average Bonchev–Trinajstić information content (AvgIpc) is 2.29. The molecule has 4 nitrogen and oxygen atoms in total. The number of benzene rings is 1. The Bertz CT molecular complexity index is 365. The van der Waals surface area contributed by atoms with Gasteiger partial charge in [-0.1, -0.05) is 24.3 Å². The van der Waals surface area contributed by atoms with Crippen molar-refractivity contribution < 1.29 is 9.63 Å². The SMILES string of the molecule is CONC(=O)C1Cc2ccccc2CN1. The van der Waals surface area contributed by atoms with Crippen molar-refractivity contribution in [2.75, 3.05) is 7.11 Å². The molecule has 1 amide bonds. The van der Waals surface area contributed by atoms with Crippen molar-refractivity contribution in [3.05, 3.63) is 35.4 Å². The minimum atomic E-state index is -0.195. The molecule has 0 aliphatic carbocycles. The van der Waals surface area contributed by atoms with Gasteiger partial charge in [-0.3, -0.25) is 9.63 Å². The molecule has 0 bridgehead atoms. The lowest BCUT2D eigenvalue weighted by Gasteiger charge is -2.24. The smallest absolute Gasteiger partial charge is 0.260 e. The van der Waals surface area contributed by atoms with E-state index in [1.807, 2.05) is 12.1 Å². The summed E-state index contributed by atoms with van der Waals surface area (Å²) in [6.07, 6.45) is 0.714. The van der Waals surface area contributed by atoms with Gasteiger partial charge in [-0.15, -0.1) is 0 Å². The molecule has 1 aliphatic heterocycles. The summed E-state index contributed by atoms with van der Waals surface area (Å²) >= 11 is 0. The zero-order chi connectivity index (χ0) is 10.7. The number of amides is 1. The zero-order valence-corrected chi connectivity index (χ0v) is 8.62. The Balaban J connectivity index is 2.08. The van der Waals surface area contributed by atoms with Crippen molar-refractivity contribution in [3.63, 3.8) is 0 Å². The Morgan fingerprint density at radius 3 is 2.93 bits per heavy atom. The van der Waals surface area contributed by atoms with Crippen molar-refractivity contribution in [3.8, 4) is 0 Å². The molecule has 0 radical (unpaired) electrons. The number of rotatable bonds is 2. The van der Waals surface area contributed by atoms with Gasteiger partial charge in [0.1, 0.15) is 0 Å². The maximum atomic E-state index is 11.5. The van der Waals surface area contributed by atoms with Crippen LogP contribution < -0.4 is 10.8 Å². The maximum absolute atomic E-state index is 11.5. The van der Waals surface area contributed by atoms with Crippen LogP contribution in [-0.2, 0) is 22.6 Å². The number of nitrogens with one attached hydrogen (secondary N) is 2. The number of fused-ring (bicyclic) bond motifs is 1. The summed E-state index contributed by atoms with van der Waals surface area (Å²) in [4.78, 5) is 16.1. The third-order valence-corrected chi connectivity index (χ3v) is 2.60. The molecule has 0 aromatic heterocycles. The third kappa shape index (κ3) is 2.16. The lowest BCUT2D eigenvalue weighted by atomic mass is 9.96. The molecule has 0 fully saturated rings. The molecule has 0 saturated heterocycles. The van der Waals surface area contributed by atoms with Crippen LogP contribution in [0.1, 0.15) is 11.1 Å². The van der Waals surface area contributed by atoms with Crippen LogP contribution in [0.3, 0.4) is 0 Å². The minimum absolute atomic E-state index is 0.119. The molecule has 0 spiro atoms. The first-order valence-corrected chi connectivity index (χ1v) is 4.94. The van der Waals surface area contributed by atoms with E-state index < -0.39 is 0 Å². The largest absolute Gasteiger partial charge is 0.301 e. The van der Waals surface area contributed by atoms with Crippen LogP contribution in [0.4, 0.5) is 0 Å². The Hall–Kier alpha value is -1.39. The lowest BCUT2D eigenvalue weighted by Crippen LogP contribution is -2.47. The highest BCUT2D eigenvalue weighted by Gasteiger charge is 2.23. The van der Waals surface area contributed by atoms with Crippen molar-refractivity contribution >= 4 is 5.91 Å². The molecule has 1 aromatic carbocycles. The summed E-state index contributed by atoms with van der Waals surface area (Å²) in [6, 6.07) is 7.95. The first kappa shape index (κ1) is 10.1. The molecule has 2 rings (SSSR count). The van der Waals surface area contributed by atoms with Crippen molar-refractivity contribution in [2.45, 2.75) is 19.0 Å². The van der Waals surface area contributed by atoms with E-state index in [4.69, 9.17) is 0 Å². The predicted octanol–water partition coefficient (Wildman–Crippen LogP) is 0.378. The first-order valence-electron chi connectivity index (χ1n) is 4.94. The van der Waals surface area contributed by atoms with Crippen LogP contribution in [0.15, 0.2) is 24.3 Å². The molecule has 80 valence electrons. The fourth-order valence-corrected chi connectivity index (χ4v) is 1.81. The van der Waals surface area contributed by atoms with E-state index in [0.717, 1.165) is 6.54 Å².